The van der Waals surface area contributed by atoms with Gasteiger partial charge in [0.2, 0.25) is 10.9 Å². The SMILES string of the molecule is CSc1nn2cc(-c3nc4c(OCc5ccc(C(F)(F)F)cc5)cccc4o3)nc2s1. The number of para-hydroxylation sites is 1. The highest BCUT2D eigenvalue weighted by molar-refractivity contribution is 8.00. The summed E-state index contributed by atoms with van der Waals surface area (Å²) in [5.74, 6) is 0.806. The average Bonchev–Trinajstić information content (AvgIpc) is 3.44. The Morgan fingerprint density at radius 3 is 2.65 bits per heavy atom. The van der Waals surface area contributed by atoms with E-state index < -0.39 is 11.7 Å². The number of halogens is 3. The molecule has 0 aliphatic heterocycles. The van der Waals surface area contributed by atoms with E-state index in [1.54, 1.807) is 40.7 Å². The van der Waals surface area contributed by atoms with Gasteiger partial charge in [-0.3, -0.25) is 0 Å². The molecule has 0 amide bonds. The molecule has 0 atom stereocenters. The summed E-state index contributed by atoms with van der Waals surface area (Å²) < 4.78 is 52.4. The van der Waals surface area contributed by atoms with Crippen molar-refractivity contribution in [3.05, 3.63) is 59.8 Å². The minimum absolute atomic E-state index is 0.0982. The molecule has 0 fully saturated rings. The van der Waals surface area contributed by atoms with Crippen molar-refractivity contribution in [2.24, 2.45) is 0 Å². The standard InChI is InChI=1S/C20H13F3N4O2S2/c1-30-19-26-27-9-13(24-18(27)31-19)17-25-16-14(3-2-4-15(16)29-17)28-10-11-5-7-12(8-6-11)20(21,22)23/h2-9H,10H2,1H3. The van der Waals surface area contributed by atoms with E-state index in [1.807, 2.05) is 6.26 Å². The molecule has 31 heavy (non-hydrogen) atoms. The summed E-state index contributed by atoms with van der Waals surface area (Å²) in [6, 6.07) is 10.1. The second kappa shape index (κ2) is 7.57. The zero-order valence-electron chi connectivity index (χ0n) is 15.9. The first-order chi connectivity index (χ1) is 14.9. The van der Waals surface area contributed by atoms with Gasteiger partial charge < -0.3 is 9.15 Å². The van der Waals surface area contributed by atoms with Gasteiger partial charge in [0.05, 0.1) is 11.8 Å². The lowest BCUT2D eigenvalue weighted by atomic mass is 10.1. The van der Waals surface area contributed by atoms with E-state index in [0.29, 0.717) is 34.0 Å². The number of hydrogen-bond donors (Lipinski definition) is 0. The van der Waals surface area contributed by atoms with E-state index in [9.17, 15) is 13.2 Å². The maximum absolute atomic E-state index is 12.7. The largest absolute Gasteiger partial charge is 0.486 e. The van der Waals surface area contributed by atoms with Crippen LogP contribution in [0.4, 0.5) is 13.2 Å². The molecule has 0 radical (unpaired) electrons. The molecule has 6 nitrogen and oxygen atoms in total. The maximum atomic E-state index is 12.7. The van der Waals surface area contributed by atoms with Crippen molar-refractivity contribution in [1.29, 1.82) is 0 Å². The molecular weight excluding hydrogens is 449 g/mol. The van der Waals surface area contributed by atoms with Crippen LogP contribution < -0.4 is 4.74 Å². The summed E-state index contributed by atoms with van der Waals surface area (Å²) in [5, 5.41) is 4.40. The Hall–Kier alpha value is -3.05. The molecule has 0 bridgehead atoms. The van der Waals surface area contributed by atoms with Gasteiger partial charge in [-0.05, 0) is 36.1 Å². The van der Waals surface area contributed by atoms with Crippen molar-refractivity contribution in [2.75, 3.05) is 6.26 Å². The van der Waals surface area contributed by atoms with E-state index in [0.717, 1.165) is 21.4 Å². The van der Waals surface area contributed by atoms with Crippen LogP contribution in [0.2, 0.25) is 0 Å². The zero-order valence-corrected chi connectivity index (χ0v) is 17.5. The second-order valence-electron chi connectivity index (χ2n) is 6.53. The van der Waals surface area contributed by atoms with Crippen LogP contribution in [0.15, 0.2) is 57.4 Å². The molecule has 0 spiro atoms. The normalized spacial score (nSPS) is 12.1. The van der Waals surface area contributed by atoms with Crippen LogP contribution in [0.5, 0.6) is 5.75 Å². The first kappa shape index (κ1) is 19.9. The van der Waals surface area contributed by atoms with Crippen LogP contribution in [0.25, 0.3) is 27.6 Å². The molecule has 158 valence electrons. The van der Waals surface area contributed by atoms with Crippen molar-refractivity contribution < 1.29 is 22.3 Å². The van der Waals surface area contributed by atoms with E-state index in [4.69, 9.17) is 9.15 Å². The lowest BCUT2D eigenvalue weighted by Crippen LogP contribution is -2.05. The second-order valence-corrected chi connectivity index (χ2v) is 8.54. The van der Waals surface area contributed by atoms with Crippen molar-refractivity contribution in [2.45, 2.75) is 17.1 Å². The molecule has 0 saturated heterocycles. The van der Waals surface area contributed by atoms with Gasteiger partial charge in [-0.15, -0.1) is 5.10 Å². The van der Waals surface area contributed by atoms with Gasteiger partial charge in [-0.25, -0.2) is 14.5 Å². The fourth-order valence-electron chi connectivity index (χ4n) is 2.97. The fraction of sp³-hybridized carbons (Fsp3) is 0.150. The number of oxazole rings is 1. The van der Waals surface area contributed by atoms with Crippen LogP contribution in [0.1, 0.15) is 11.1 Å². The predicted octanol–water partition coefficient (Wildman–Crippen LogP) is 5.92. The van der Waals surface area contributed by atoms with Crippen LogP contribution in [-0.2, 0) is 12.8 Å². The Labute approximate surface area is 181 Å². The van der Waals surface area contributed by atoms with Gasteiger partial charge >= 0.3 is 6.18 Å². The summed E-state index contributed by atoms with van der Waals surface area (Å²) in [7, 11) is 0. The Balaban J connectivity index is 1.39. The number of alkyl halides is 3. The maximum Gasteiger partial charge on any atom is 0.416 e. The first-order valence-electron chi connectivity index (χ1n) is 9.00. The number of fused-ring (bicyclic) bond motifs is 2. The van der Waals surface area contributed by atoms with Gasteiger partial charge in [0.25, 0.3) is 0 Å². The predicted molar refractivity (Wildman–Crippen MR) is 111 cm³/mol. The van der Waals surface area contributed by atoms with E-state index in [-0.39, 0.29) is 6.61 Å². The summed E-state index contributed by atoms with van der Waals surface area (Å²) in [5.41, 5.74) is 1.50. The van der Waals surface area contributed by atoms with Crippen LogP contribution in [0.3, 0.4) is 0 Å². The average molecular weight is 462 g/mol. The van der Waals surface area contributed by atoms with E-state index in [1.165, 1.54) is 23.5 Å². The number of aromatic nitrogens is 4. The Morgan fingerprint density at radius 2 is 1.94 bits per heavy atom. The molecule has 0 saturated carbocycles. The lowest BCUT2D eigenvalue weighted by molar-refractivity contribution is -0.137. The number of imidazole rings is 1. The number of ether oxygens (including phenoxy) is 1. The smallest absolute Gasteiger partial charge is 0.416 e. The monoisotopic (exact) mass is 462 g/mol. The third-order valence-corrected chi connectivity index (χ3v) is 6.37. The van der Waals surface area contributed by atoms with Gasteiger partial charge in [0.1, 0.15) is 18.1 Å². The summed E-state index contributed by atoms with van der Waals surface area (Å²) >= 11 is 3.02. The third kappa shape index (κ3) is 3.86. The highest BCUT2D eigenvalue weighted by Crippen LogP contribution is 2.32. The molecule has 11 heteroatoms. The number of thioether (sulfide) groups is 1. The topological polar surface area (TPSA) is 65.5 Å². The molecule has 0 unspecified atom stereocenters. The number of rotatable bonds is 5. The fourth-order valence-corrected chi connectivity index (χ4v) is 4.31. The molecule has 5 rings (SSSR count). The first-order valence-corrected chi connectivity index (χ1v) is 11.0. The highest BCUT2D eigenvalue weighted by atomic mass is 32.2. The number of nitrogens with zero attached hydrogens (tertiary/aromatic N) is 4. The number of benzene rings is 2. The Bertz CT molecular complexity index is 1340. The summed E-state index contributed by atoms with van der Waals surface area (Å²) in [6.45, 7) is 0.0982. The molecule has 3 aromatic heterocycles. The molecule has 2 aromatic carbocycles. The quantitative estimate of drug-likeness (QED) is 0.302. The van der Waals surface area contributed by atoms with Crippen molar-refractivity contribution in [3.63, 3.8) is 0 Å². The highest BCUT2D eigenvalue weighted by Gasteiger charge is 2.29. The van der Waals surface area contributed by atoms with Crippen molar-refractivity contribution in [3.8, 4) is 17.3 Å². The van der Waals surface area contributed by atoms with Crippen LogP contribution >= 0.6 is 23.1 Å². The molecular formula is C20H13F3N4O2S2. The van der Waals surface area contributed by atoms with Gasteiger partial charge in [-0.1, -0.05) is 41.3 Å². The minimum Gasteiger partial charge on any atom is -0.486 e. The Morgan fingerprint density at radius 1 is 1.13 bits per heavy atom. The van der Waals surface area contributed by atoms with Gasteiger partial charge in [0, 0.05) is 0 Å². The molecule has 0 aliphatic rings. The Kier molecular flexibility index (Phi) is 4.86. The van der Waals surface area contributed by atoms with Gasteiger partial charge in [-0.2, -0.15) is 13.2 Å². The molecule has 3 heterocycles. The molecule has 0 aliphatic carbocycles. The van der Waals surface area contributed by atoms with Crippen molar-refractivity contribution in [1.82, 2.24) is 19.6 Å². The molecule has 0 N–H and O–H groups in total. The van der Waals surface area contributed by atoms with Crippen molar-refractivity contribution >= 4 is 39.2 Å². The summed E-state index contributed by atoms with van der Waals surface area (Å²) in [6.07, 6.45) is -0.665. The summed E-state index contributed by atoms with van der Waals surface area (Å²) in [4.78, 5) is 9.77. The van der Waals surface area contributed by atoms with Crippen LogP contribution in [-0.4, -0.2) is 25.8 Å². The number of hydrogen-bond acceptors (Lipinski definition) is 7. The minimum atomic E-state index is -4.36. The molecule has 5 aromatic rings. The third-order valence-electron chi connectivity index (χ3n) is 4.48. The zero-order chi connectivity index (χ0) is 21.6. The van der Waals surface area contributed by atoms with Crippen LogP contribution in [0, 0.1) is 0 Å². The lowest BCUT2D eigenvalue weighted by Gasteiger charge is -2.09. The van der Waals surface area contributed by atoms with E-state index >= 15 is 0 Å². The van der Waals surface area contributed by atoms with E-state index in [2.05, 4.69) is 15.1 Å². The van der Waals surface area contributed by atoms with Gasteiger partial charge in [0.15, 0.2) is 15.4 Å².